The summed E-state index contributed by atoms with van der Waals surface area (Å²) in [5.41, 5.74) is 0.176. The molecular weight excluding hydrogens is 236 g/mol. The predicted octanol–water partition coefficient (Wildman–Crippen LogP) is 2.20. The Morgan fingerprint density at radius 2 is 2.25 bits per heavy atom. The summed E-state index contributed by atoms with van der Waals surface area (Å²) in [6.07, 6.45) is 1.70. The number of benzene rings is 1. The van der Waals surface area contributed by atoms with Gasteiger partial charge in [0, 0.05) is 5.02 Å². The molecule has 0 unspecified atom stereocenters. The van der Waals surface area contributed by atoms with E-state index in [1.807, 2.05) is 0 Å². The summed E-state index contributed by atoms with van der Waals surface area (Å²) >= 11 is 5.63. The van der Waals surface area contributed by atoms with Crippen LogP contribution in [0.1, 0.15) is 10.4 Å². The summed E-state index contributed by atoms with van der Waals surface area (Å²) in [4.78, 5) is 20.2. The van der Waals surface area contributed by atoms with Crippen LogP contribution in [0.3, 0.4) is 0 Å². The van der Waals surface area contributed by atoms with Crippen LogP contribution in [-0.2, 0) is 0 Å². The average molecular weight is 243 g/mol. The molecule has 1 rings (SSSR count). The highest BCUT2D eigenvalue weighted by atomic mass is 35.5. The maximum absolute atomic E-state index is 10.8. The maximum Gasteiger partial charge on any atom is 0.337 e. The Kier molecular flexibility index (Phi) is 3.84. The summed E-state index contributed by atoms with van der Waals surface area (Å²) < 4.78 is 0. The molecule has 1 aromatic carbocycles. The molecule has 6 nitrogen and oxygen atoms in total. The van der Waals surface area contributed by atoms with Crippen molar-refractivity contribution in [3.05, 3.63) is 51.3 Å². The number of hydrogen-bond acceptors (Lipinski definition) is 4. The van der Waals surface area contributed by atoms with Crippen LogP contribution in [0.4, 0.5) is 5.69 Å². The average Bonchev–Trinajstić information content (AvgIpc) is 2.19. The Hall–Kier alpha value is -2.08. The number of halogens is 1. The molecule has 7 heteroatoms. The number of nitrogens with zero attached hydrogens (tertiary/aromatic N) is 1. The largest absolute Gasteiger partial charge is 0.478 e. The number of rotatable bonds is 4. The van der Waals surface area contributed by atoms with E-state index in [1.165, 1.54) is 18.2 Å². The Morgan fingerprint density at radius 1 is 1.56 bits per heavy atom. The minimum Gasteiger partial charge on any atom is -0.478 e. The number of aromatic carboxylic acids is 1. The van der Waals surface area contributed by atoms with Gasteiger partial charge in [0.15, 0.2) is 0 Å². The van der Waals surface area contributed by atoms with Crippen LogP contribution in [0.15, 0.2) is 30.6 Å². The third-order valence-electron chi connectivity index (χ3n) is 1.65. The van der Waals surface area contributed by atoms with Gasteiger partial charge < -0.3 is 10.4 Å². The maximum atomic E-state index is 10.8. The van der Waals surface area contributed by atoms with Crippen LogP contribution in [-0.4, -0.2) is 16.0 Å². The molecule has 0 radical (unpaired) electrons. The molecule has 0 aliphatic heterocycles. The lowest BCUT2D eigenvalue weighted by Gasteiger charge is -2.04. The van der Waals surface area contributed by atoms with Crippen molar-refractivity contribution in [3.8, 4) is 0 Å². The second-order valence-corrected chi connectivity index (χ2v) is 3.18. The molecule has 1 aromatic rings. The van der Waals surface area contributed by atoms with E-state index in [0.717, 1.165) is 6.20 Å². The second-order valence-electron chi connectivity index (χ2n) is 2.74. The second kappa shape index (κ2) is 5.13. The van der Waals surface area contributed by atoms with E-state index in [2.05, 4.69) is 5.32 Å². The van der Waals surface area contributed by atoms with Crippen LogP contribution < -0.4 is 5.32 Å². The normalized spacial score (nSPS) is 10.3. The van der Waals surface area contributed by atoms with Gasteiger partial charge in [0.1, 0.15) is 0 Å². The SMILES string of the molecule is O=C(O)c1cc(Cl)ccc1N/C=C/[N+](=O)[O-]. The number of carbonyl (C=O) groups is 1. The van der Waals surface area contributed by atoms with Crippen LogP contribution in [0.2, 0.25) is 5.02 Å². The zero-order chi connectivity index (χ0) is 12.1. The third-order valence-corrected chi connectivity index (χ3v) is 1.88. The Labute approximate surface area is 95.3 Å². The molecule has 0 bridgehead atoms. The molecule has 0 aromatic heterocycles. The van der Waals surface area contributed by atoms with Gasteiger partial charge in [-0.15, -0.1) is 0 Å². The predicted molar refractivity (Wildman–Crippen MR) is 58.2 cm³/mol. The molecular formula is C9H7ClN2O4. The molecule has 84 valence electrons. The first-order valence-electron chi connectivity index (χ1n) is 4.10. The Morgan fingerprint density at radius 3 is 2.81 bits per heavy atom. The minimum absolute atomic E-state index is 0.0551. The zero-order valence-corrected chi connectivity index (χ0v) is 8.64. The van der Waals surface area contributed by atoms with E-state index in [1.54, 1.807) is 0 Å². The van der Waals surface area contributed by atoms with Crippen LogP contribution in [0.5, 0.6) is 0 Å². The van der Waals surface area contributed by atoms with Gasteiger partial charge in [0.2, 0.25) is 6.20 Å². The van der Waals surface area contributed by atoms with Gasteiger partial charge in [-0.05, 0) is 18.2 Å². The van der Waals surface area contributed by atoms with Crippen LogP contribution in [0, 0.1) is 10.1 Å². The lowest BCUT2D eigenvalue weighted by molar-refractivity contribution is -0.402. The van der Waals surface area contributed by atoms with Crippen molar-refractivity contribution in [3.63, 3.8) is 0 Å². The van der Waals surface area contributed by atoms with Crippen molar-refractivity contribution >= 4 is 23.3 Å². The van der Waals surface area contributed by atoms with Gasteiger partial charge in [0.25, 0.3) is 0 Å². The first kappa shape index (κ1) is 12.0. The van der Waals surface area contributed by atoms with Crippen molar-refractivity contribution in [2.24, 2.45) is 0 Å². The highest BCUT2D eigenvalue weighted by Crippen LogP contribution is 2.20. The van der Waals surface area contributed by atoms with E-state index in [4.69, 9.17) is 16.7 Å². The van der Waals surface area contributed by atoms with E-state index in [9.17, 15) is 14.9 Å². The molecule has 0 spiro atoms. The van der Waals surface area contributed by atoms with Gasteiger partial charge in [-0.25, -0.2) is 4.79 Å². The molecule has 16 heavy (non-hydrogen) atoms. The monoisotopic (exact) mass is 242 g/mol. The van der Waals surface area contributed by atoms with E-state index < -0.39 is 10.9 Å². The number of carboxylic acid groups (broad SMARTS) is 1. The van der Waals surface area contributed by atoms with Gasteiger partial charge >= 0.3 is 5.97 Å². The van der Waals surface area contributed by atoms with Gasteiger partial charge in [-0.3, -0.25) is 10.1 Å². The molecule has 0 amide bonds. The topological polar surface area (TPSA) is 92.5 Å². The van der Waals surface area contributed by atoms with Gasteiger partial charge in [-0.1, -0.05) is 11.6 Å². The fourth-order valence-electron chi connectivity index (χ4n) is 1.01. The lowest BCUT2D eigenvalue weighted by Crippen LogP contribution is -2.02. The number of nitrogens with one attached hydrogen (secondary N) is 1. The quantitative estimate of drug-likeness (QED) is 0.624. The molecule has 0 fully saturated rings. The molecule has 0 saturated carbocycles. The highest BCUT2D eigenvalue weighted by Gasteiger charge is 2.09. The number of hydrogen-bond donors (Lipinski definition) is 2. The first-order chi connectivity index (χ1) is 7.50. The Balaban J connectivity index is 2.95. The fourth-order valence-corrected chi connectivity index (χ4v) is 1.18. The Bertz CT molecular complexity index is 459. The van der Waals surface area contributed by atoms with Crippen LogP contribution in [0.25, 0.3) is 0 Å². The van der Waals surface area contributed by atoms with E-state index >= 15 is 0 Å². The highest BCUT2D eigenvalue weighted by molar-refractivity contribution is 6.31. The summed E-state index contributed by atoms with van der Waals surface area (Å²) in [6.45, 7) is 0. The zero-order valence-electron chi connectivity index (χ0n) is 7.88. The molecule has 0 saturated heterocycles. The van der Waals surface area contributed by atoms with Crippen molar-refractivity contribution in [2.45, 2.75) is 0 Å². The number of anilines is 1. The fraction of sp³-hybridized carbons (Fsp3) is 0. The molecule has 0 aliphatic rings. The molecule has 2 N–H and O–H groups in total. The standard InChI is InChI=1S/C9H7ClN2O4/c10-6-1-2-8(7(5-6)9(13)14)11-3-4-12(15)16/h1-5,11H,(H,13,14)/b4-3+. The minimum atomic E-state index is -1.17. The third kappa shape index (κ3) is 3.25. The first-order valence-corrected chi connectivity index (χ1v) is 4.48. The van der Waals surface area contributed by atoms with Gasteiger partial charge in [-0.2, -0.15) is 0 Å². The smallest absolute Gasteiger partial charge is 0.337 e. The summed E-state index contributed by atoms with van der Waals surface area (Å²) in [6, 6.07) is 4.17. The lowest BCUT2D eigenvalue weighted by atomic mass is 10.2. The van der Waals surface area contributed by atoms with Crippen molar-refractivity contribution < 1.29 is 14.8 Å². The summed E-state index contributed by atoms with van der Waals surface area (Å²) in [7, 11) is 0. The number of nitro groups is 1. The van der Waals surface area contributed by atoms with E-state index in [0.29, 0.717) is 6.20 Å². The van der Waals surface area contributed by atoms with Crippen molar-refractivity contribution in [1.29, 1.82) is 0 Å². The molecule has 0 atom stereocenters. The van der Waals surface area contributed by atoms with Crippen molar-refractivity contribution in [1.82, 2.24) is 0 Å². The van der Waals surface area contributed by atoms with Crippen molar-refractivity contribution in [2.75, 3.05) is 5.32 Å². The van der Waals surface area contributed by atoms with Gasteiger partial charge in [0.05, 0.1) is 22.4 Å². The van der Waals surface area contributed by atoms with Crippen LogP contribution >= 0.6 is 11.6 Å². The van der Waals surface area contributed by atoms with E-state index in [-0.39, 0.29) is 16.3 Å². The number of carboxylic acids is 1. The molecule has 0 heterocycles. The molecule has 0 aliphatic carbocycles. The summed E-state index contributed by atoms with van der Waals surface area (Å²) in [5.74, 6) is -1.17. The summed E-state index contributed by atoms with van der Waals surface area (Å²) in [5, 5.41) is 21.6.